The summed E-state index contributed by atoms with van der Waals surface area (Å²) in [5.74, 6) is 2.40. The molecule has 1 aliphatic rings. The molecule has 130 valence electrons. The number of aromatic amines is 1. The first-order chi connectivity index (χ1) is 11.5. The van der Waals surface area contributed by atoms with Gasteiger partial charge in [0.2, 0.25) is 0 Å². The molecule has 1 heterocycles. The average molecular weight is 346 g/mol. The third kappa shape index (κ3) is 4.19. The predicted molar refractivity (Wildman–Crippen MR) is 103 cm³/mol. The summed E-state index contributed by atoms with van der Waals surface area (Å²) in [4.78, 5) is 22.2. The van der Waals surface area contributed by atoms with E-state index in [9.17, 15) is 4.79 Å². The molecule has 1 aliphatic carbocycles. The molecule has 0 amide bonds. The van der Waals surface area contributed by atoms with Gasteiger partial charge in [0.05, 0.1) is 16.7 Å². The zero-order valence-corrected chi connectivity index (χ0v) is 15.7. The van der Waals surface area contributed by atoms with Crippen LogP contribution in [0, 0.1) is 12.8 Å². The minimum atomic E-state index is -0.0200. The maximum atomic E-state index is 12.3. The minimum Gasteiger partial charge on any atom is -0.309 e. The van der Waals surface area contributed by atoms with Gasteiger partial charge in [-0.05, 0) is 57.8 Å². The normalized spacial score (nSPS) is 21.5. The van der Waals surface area contributed by atoms with Gasteiger partial charge in [0.25, 0.3) is 5.56 Å². The number of para-hydroxylation sites is 1. The fourth-order valence-electron chi connectivity index (χ4n) is 3.69. The molecule has 1 fully saturated rings. The number of rotatable bonds is 5. The van der Waals surface area contributed by atoms with Gasteiger partial charge in [-0.15, -0.1) is 0 Å². The van der Waals surface area contributed by atoms with Crippen LogP contribution in [0.2, 0.25) is 0 Å². The summed E-state index contributed by atoms with van der Waals surface area (Å²) in [5.41, 5.74) is 1.88. The van der Waals surface area contributed by atoms with Crippen LogP contribution in [0.25, 0.3) is 10.9 Å². The molecule has 0 unspecified atom stereocenters. The quantitative estimate of drug-likeness (QED) is 0.900. The molecule has 3 rings (SSSR count). The number of benzene rings is 1. The SMILES string of the molecule is Cc1cccc2c(=O)[nH]c(CS[C@@H]3CCC[C@H](CN(C)C)C3)nc12. The second-order valence-electron chi connectivity index (χ2n) is 7.21. The van der Waals surface area contributed by atoms with Gasteiger partial charge < -0.3 is 9.88 Å². The van der Waals surface area contributed by atoms with Crippen molar-refractivity contribution in [2.24, 2.45) is 5.92 Å². The smallest absolute Gasteiger partial charge is 0.258 e. The third-order valence-corrected chi connectivity index (χ3v) is 6.14. The van der Waals surface area contributed by atoms with E-state index < -0.39 is 0 Å². The monoisotopic (exact) mass is 345 g/mol. The summed E-state index contributed by atoms with van der Waals surface area (Å²) in [6.07, 6.45) is 5.22. The molecule has 4 nitrogen and oxygen atoms in total. The predicted octanol–water partition coefficient (Wildman–Crippen LogP) is 3.59. The van der Waals surface area contributed by atoms with Crippen LogP contribution in [0.4, 0.5) is 0 Å². The Morgan fingerprint density at radius 3 is 2.96 bits per heavy atom. The molecule has 1 saturated carbocycles. The Hall–Kier alpha value is -1.33. The summed E-state index contributed by atoms with van der Waals surface area (Å²) in [6, 6.07) is 5.77. The first kappa shape index (κ1) is 17.5. The summed E-state index contributed by atoms with van der Waals surface area (Å²) in [6.45, 7) is 3.19. The van der Waals surface area contributed by atoms with E-state index in [1.54, 1.807) is 0 Å². The fraction of sp³-hybridized carbons (Fsp3) is 0.579. The van der Waals surface area contributed by atoms with Crippen LogP contribution >= 0.6 is 11.8 Å². The maximum absolute atomic E-state index is 12.3. The third-order valence-electron chi connectivity index (χ3n) is 4.80. The second-order valence-corrected chi connectivity index (χ2v) is 8.50. The maximum Gasteiger partial charge on any atom is 0.258 e. The van der Waals surface area contributed by atoms with Gasteiger partial charge in [0.1, 0.15) is 5.82 Å². The number of H-pyrrole nitrogens is 1. The molecule has 0 radical (unpaired) electrons. The Kier molecular flexibility index (Phi) is 5.61. The minimum absolute atomic E-state index is 0.0200. The Labute approximate surface area is 148 Å². The van der Waals surface area contributed by atoms with Gasteiger partial charge in [-0.1, -0.05) is 18.6 Å². The van der Waals surface area contributed by atoms with Gasteiger partial charge in [0, 0.05) is 11.8 Å². The van der Waals surface area contributed by atoms with Gasteiger partial charge in [-0.3, -0.25) is 4.79 Å². The van der Waals surface area contributed by atoms with Gasteiger partial charge in [-0.25, -0.2) is 4.98 Å². The van der Waals surface area contributed by atoms with Crippen molar-refractivity contribution in [2.75, 3.05) is 20.6 Å². The molecule has 1 N–H and O–H groups in total. The van der Waals surface area contributed by atoms with Crippen LogP contribution in [-0.2, 0) is 5.75 Å². The molecule has 0 bridgehead atoms. The number of fused-ring (bicyclic) bond motifs is 1. The first-order valence-corrected chi connectivity index (χ1v) is 9.82. The summed E-state index contributed by atoms with van der Waals surface area (Å²) in [5, 5.41) is 1.37. The molecule has 0 saturated heterocycles. The number of nitrogens with one attached hydrogen (secondary N) is 1. The van der Waals surface area contributed by atoms with Crippen molar-refractivity contribution in [2.45, 2.75) is 43.6 Å². The fourth-order valence-corrected chi connectivity index (χ4v) is 4.96. The number of thioether (sulfide) groups is 1. The highest BCUT2D eigenvalue weighted by molar-refractivity contribution is 7.99. The Bertz CT molecular complexity index is 756. The second kappa shape index (κ2) is 7.70. The molecule has 24 heavy (non-hydrogen) atoms. The van der Waals surface area contributed by atoms with Crippen LogP contribution < -0.4 is 5.56 Å². The number of aryl methyl sites for hydroxylation is 1. The number of aromatic nitrogens is 2. The highest BCUT2D eigenvalue weighted by Gasteiger charge is 2.23. The molecular formula is C19H27N3OS. The molecule has 1 aromatic heterocycles. The zero-order valence-electron chi connectivity index (χ0n) is 14.8. The molecule has 2 aromatic rings. The highest BCUT2D eigenvalue weighted by Crippen LogP contribution is 2.33. The lowest BCUT2D eigenvalue weighted by Crippen LogP contribution is -2.27. The van der Waals surface area contributed by atoms with Crippen molar-refractivity contribution in [3.05, 3.63) is 39.9 Å². The molecule has 2 atom stereocenters. The van der Waals surface area contributed by atoms with E-state index in [1.807, 2.05) is 36.9 Å². The van der Waals surface area contributed by atoms with E-state index in [4.69, 9.17) is 4.98 Å². The largest absolute Gasteiger partial charge is 0.309 e. The lowest BCUT2D eigenvalue weighted by Gasteiger charge is -2.30. The van der Waals surface area contributed by atoms with E-state index in [-0.39, 0.29) is 5.56 Å². The Morgan fingerprint density at radius 1 is 1.33 bits per heavy atom. The lowest BCUT2D eigenvalue weighted by molar-refractivity contribution is 0.268. The van der Waals surface area contributed by atoms with E-state index in [0.29, 0.717) is 10.6 Å². The summed E-state index contributed by atoms with van der Waals surface area (Å²) in [7, 11) is 4.31. The summed E-state index contributed by atoms with van der Waals surface area (Å²) < 4.78 is 0. The average Bonchev–Trinajstić information content (AvgIpc) is 2.54. The molecule has 5 heteroatoms. The first-order valence-electron chi connectivity index (χ1n) is 8.78. The van der Waals surface area contributed by atoms with Crippen molar-refractivity contribution in [1.29, 1.82) is 0 Å². The zero-order chi connectivity index (χ0) is 17.1. The van der Waals surface area contributed by atoms with Crippen LogP contribution in [0.3, 0.4) is 0 Å². The number of nitrogens with zero attached hydrogens (tertiary/aromatic N) is 2. The highest BCUT2D eigenvalue weighted by atomic mass is 32.2. The van der Waals surface area contributed by atoms with Crippen LogP contribution in [0.1, 0.15) is 37.1 Å². The van der Waals surface area contributed by atoms with Gasteiger partial charge in [0.15, 0.2) is 0 Å². The van der Waals surface area contributed by atoms with E-state index in [1.165, 1.54) is 32.2 Å². The standard InChI is InChI=1S/C19H27N3OS/c1-13-6-4-9-16-18(13)20-17(21-19(16)23)12-24-15-8-5-7-14(10-15)11-22(2)3/h4,6,9,14-15H,5,7-8,10-12H2,1-3H3,(H,20,21,23)/t14-,15+/m0/s1. The van der Waals surface area contributed by atoms with Gasteiger partial charge in [-0.2, -0.15) is 11.8 Å². The van der Waals surface area contributed by atoms with E-state index in [2.05, 4.69) is 24.0 Å². The molecule has 0 spiro atoms. The number of hydrogen-bond donors (Lipinski definition) is 1. The topological polar surface area (TPSA) is 49.0 Å². The molecule has 0 aliphatic heterocycles. The Balaban J connectivity index is 1.67. The van der Waals surface area contributed by atoms with Crippen molar-refractivity contribution < 1.29 is 0 Å². The Morgan fingerprint density at radius 2 is 2.17 bits per heavy atom. The van der Waals surface area contributed by atoms with Crippen molar-refractivity contribution >= 4 is 22.7 Å². The van der Waals surface area contributed by atoms with E-state index in [0.717, 1.165) is 28.6 Å². The van der Waals surface area contributed by atoms with E-state index >= 15 is 0 Å². The number of hydrogen-bond acceptors (Lipinski definition) is 4. The van der Waals surface area contributed by atoms with Crippen LogP contribution in [0.15, 0.2) is 23.0 Å². The van der Waals surface area contributed by atoms with Crippen molar-refractivity contribution in [1.82, 2.24) is 14.9 Å². The van der Waals surface area contributed by atoms with Crippen molar-refractivity contribution in [3.63, 3.8) is 0 Å². The lowest BCUT2D eigenvalue weighted by atomic mass is 9.88. The van der Waals surface area contributed by atoms with Crippen LogP contribution in [-0.4, -0.2) is 40.8 Å². The van der Waals surface area contributed by atoms with Crippen molar-refractivity contribution in [3.8, 4) is 0 Å². The molecule has 1 aromatic carbocycles. The summed E-state index contributed by atoms with van der Waals surface area (Å²) >= 11 is 1.95. The molecular weight excluding hydrogens is 318 g/mol. The van der Waals surface area contributed by atoms with Crippen LogP contribution in [0.5, 0.6) is 0 Å². The van der Waals surface area contributed by atoms with Gasteiger partial charge >= 0.3 is 0 Å².